The SMILES string of the molecule is CN1C(=O)CCC(NCCC2CCCO2)C1=O. The number of ether oxygens (including phenoxy) is 1. The lowest BCUT2D eigenvalue weighted by Crippen LogP contribution is -2.51. The van der Waals surface area contributed by atoms with Gasteiger partial charge in [-0.3, -0.25) is 14.5 Å². The lowest BCUT2D eigenvalue weighted by atomic mass is 10.0. The van der Waals surface area contributed by atoms with Crippen molar-refractivity contribution < 1.29 is 14.3 Å². The first-order chi connectivity index (χ1) is 8.18. The highest BCUT2D eigenvalue weighted by Gasteiger charge is 2.31. The molecule has 0 bridgehead atoms. The molecule has 0 radical (unpaired) electrons. The lowest BCUT2D eigenvalue weighted by Gasteiger charge is -2.28. The minimum absolute atomic E-state index is 0.0767. The summed E-state index contributed by atoms with van der Waals surface area (Å²) in [7, 11) is 1.55. The quantitative estimate of drug-likeness (QED) is 0.718. The second-order valence-corrected chi connectivity index (χ2v) is 4.76. The summed E-state index contributed by atoms with van der Waals surface area (Å²) in [4.78, 5) is 24.3. The zero-order valence-electron chi connectivity index (χ0n) is 10.3. The van der Waals surface area contributed by atoms with Gasteiger partial charge in [0.05, 0.1) is 12.1 Å². The molecule has 0 aliphatic carbocycles. The fourth-order valence-electron chi connectivity index (χ4n) is 2.40. The Morgan fingerprint density at radius 1 is 1.41 bits per heavy atom. The van der Waals surface area contributed by atoms with Crippen molar-refractivity contribution in [2.45, 2.75) is 44.2 Å². The number of hydrogen-bond donors (Lipinski definition) is 1. The number of nitrogens with zero attached hydrogens (tertiary/aromatic N) is 1. The molecule has 2 fully saturated rings. The van der Waals surface area contributed by atoms with Gasteiger partial charge < -0.3 is 10.1 Å². The van der Waals surface area contributed by atoms with E-state index in [-0.39, 0.29) is 17.9 Å². The standard InChI is InChI=1S/C12H20N2O3/c1-14-11(15)5-4-10(12(14)16)13-7-6-9-3-2-8-17-9/h9-10,13H,2-8H2,1H3. The number of likely N-dealkylation sites (tertiary alicyclic amines) is 1. The topological polar surface area (TPSA) is 58.6 Å². The Morgan fingerprint density at radius 2 is 2.24 bits per heavy atom. The smallest absolute Gasteiger partial charge is 0.246 e. The number of rotatable bonds is 4. The Hall–Kier alpha value is -0.940. The molecule has 2 rings (SSSR count). The van der Waals surface area contributed by atoms with E-state index in [2.05, 4.69) is 5.32 Å². The van der Waals surface area contributed by atoms with Crippen molar-refractivity contribution in [1.82, 2.24) is 10.2 Å². The minimum atomic E-state index is -0.195. The zero-order valence-corrected chi connectivity index (χ0v) is 10.3. The second-order valence-electron chi connectivity index (χ2n) is 4.76. The molecule has 1 N–H and O–H groups in total. The monoisotopic (exact) mass is 240 g/mol. The first kappa shape index (κ1) is 12.5. The van der Waals surface area contributed by atoms with Crippen molar-refractivity contribution in [2.24, 2.45) is 0 Å². The van der Waals surface area contributed by atoms with Crippen molar-refractivity contribution in [3.8, 4) is 0 Å². The van der Waals surface area contributed by atoms with Crippen molar-refractivity contribution >= 4 is 11.8 Å². The number of likely N-dealkylation sites (N-methyl/N-ethyl adjacent to an activating group) is 1. The Bertz CT molecular complexity index is 300. The van der Waals surface area contributed by atoms with Crippen LogP contribution in [0.5, 0.6) is 0 Å². The van der Waals surface area contributed by atoms with Gasteiger partial charge in [-0.1, -0.05) is 0 Å². The van der Waals surface area contributed by atoms with Crippen LogP contribution < -0.4 is 5.32 Å². The Labute approximate surface area is 101 Å². The van der Waals surface area contributed by atoms with E-state index < -0.39 is 0 Å². The van der Waals surface area contributed by atoms with Crippen LogP contribution in [0.4, 0.5) is 0 Å². The molecule has 0 aromatic rings. The van der Waals surface area contributed by atoms with E-state index in [4.69, 9.17) is 4.74 Å². The summed E-state index contributed by atoms with van der Waals surface area (Å²) in [6, 6.07) is -0.195. The fraction of sp³-hybridized carbons (Fsp3) is 0.833. The van der Waals surface area contributed by atoms with Crippen LogP contribution in [0.15, 0.2) is 0 Å². The second kappa shape index (κ2) is 5.60. The maximum atomic E-state index is 11.8. The Morgan fingerprint density at radius 3 is 2.94 bits per heavy atom. The minimum Gasteiger partial charge on any atom is -0.378 e. The van der Waals surface area contributed by atoms with E-state index in [1.807, 2.05) is 0 Å². The van der Waals surface area contributed by atoms with Gasteiger partial charge in [0, 0.05) is 20.1 Å². The maximum absolute atomic E-state index is 11.8. The van der Waals surface area contributed by atoms with Crippen LogP contribution in [0.1, 0.15) is 32.1 Å². The van der Waals surface area contributed by atoms with Crippen LogP contribution in [-0.2, 0) is 14.3 Å². The molecule has 0 saturated carbocycles. The van der Waals surface area contributed by atoms with E-state index >= 15 is 0 Å². The van der Waals surface area contributed by atoms with E-state index in [0.29, 0.717) is 18.9 Å². The Kier molecular flexibility index (Phi) is 4.12. The average Bonchev–Trinajstić information content (AvgIpc) is 2.82. The van der Waals surface area contributed by atoms with Crippen LogP contribution in [0.25, 0.3) is 0 Å². The molecule has 2 atom stereocenters. The van der Waals surface area contributed by atoms with Gasteiger partial charge in [-0.15, -0.1) is 0 Å². The van der Waals surface area contributed by atoms with E-state index in [0.717, 1.165) is 32.4 Å². The number of carbonyl (C=O) groups is 2. The van der Waals surface area contributed by atoms with Crippen LogP contribution >= 0.6 is 0 Å². The number of piperidine rings is 1. The molecule has 5 heteroatoms. The number of carbonyl (C=O) groups excluding carboxylic acids is 2. The predicted octanol–water partition coefficient (Wildman–Crippen LogP) is 0.292. The van der Waals surface area contributed by atoms with Crippen molar-refractivity contribution in [1.29, 1.82) is 0 Å². The van der Waals surface area contributed by atoms with E-state index in [1.165, 1.54) is 4.90 Å². The van der Waals surface area contributed by atoms with Gasteiger partial charge >= 0.3 is 0 Å². The summed E-state index contributed by atoms with van der Waals surface area (Å²) >= 11 is 0. The fourth-order valence-corrected chi connectivity index (χ4v) is 2.40. The lowest BCUT2D eigenvalue weighted by molar-refractivity contribution is -0.148. The predicted molar refractivity (Wildman–Crippen MR) is 62.4 cm³/mol. The van der Waals surface area contributed by atoms with Crippen molar-refractivity contribution in [3.63, 3.8) is 0 Å². The van der Waals surface area contributed by atoms with Gasteiger partial charge in [-0.2, -0.15) is 0 Å². The Balaban J connectivity index is 1.71. The third kappa shape index (κ3) is 3.04. The van der Waals surface area contributed by atoms with Crippen LogP contribution in [0.3, 0.4) is 0 Å². The molecule has 0 spiro atoms. The third-order valence-electron chi connectivity index (χ3n) is 3.53. The molecule has 2 heterocycles. The number of hydrogen-bond acceptors (Lipinski definition) is 4. The number of imide groups is 1. The summed E-state index contributed by atoms with van der Waals surface area (Å²) < 4.78 is 5.52. The highest BCUT2D eigenvalue weighted by molar-refractivity contribution is 6.00. The van der Waals surface area contributed by atoms with Gasteiger partial charge in [-0.05, 0) is 32.2 Å². The summed E-state index contributed by atoms with van der Waals surface area (Å²) in [6.45, 7) is 1.65. The average molecular weight is 240 g/mol. The number of nitrogens with one attached hydrogen (secondary N) is 1. The maximum Gasteiger partial charge on any atom is 0.246 e. The molecule has 17 heavy (non-hydrogen) atoms. The zero-order chi connectivity index (χ0) is 12.3. The van der Waals surface area contributed by atoms with Crippen molar-refractivity contribution in [3.05, 3.63) is 0 Å². The molecule has 2 unspecified atom stereocenters. The molecule has 0 aromatic carbocycles. The first-order valence-corrected chi connectivity index (χ1v) is 6.34. The molecule has 2 amide bonds. The highest BCUT2D eigenvalue weighted by atomic mass is 16.5. The summed E-state index contributed by atoms with van der Waals surface area (Å²) in [5, 5.41) is 3.23. The molecular weight excluding hydrogens is 220 g/mol. The van der Waals surface area contributed by atoms with Crippen LogP contribution in [0, 0.1) is 0 Å². The molecule has 2 saturated heterocycles. The normalized spacial score (nSPS) is 30.1. The van der Waals surface area contributed by atoms with E-state index in [1.54, 1.807) is 7.05 Å². The molecule has 0 aromatic heterocycles. The molecule has 2 aliphatic rings. The molecule has 2 aliphatic heterocycles. The van der Waals surface area contributed by atoms with Gasteiger partial charge in [0.25, 0.3) is 0 Å². The summed E-state index contributed by atoms with van der Waals surface area (Å²) in [6.07, 6.45) is 4.64. The van der Waals surface area contributed by atoms with Crippen molar-refractivity contribution in [2.75, 3.05) is 20.2 Å². The number of amides is 2. The molecule has 5 nitrogen and oxygen atoms in total. The van der Waals surface area contributed by atoms with Gasteiger partial charge in [0.2, 0.25) is 11.8 Å². The summed E-state index contributed by atoms with van der Waals surface area (Å²) in [5.41, 5.74) is 0. The molecular formula is C12H20N2O3. The summed E-state index contributed by atoms with van der Waals surface area (Å²) in [5.74, 6) is -0.180. The highest BCUT2D eigenvalue weighted by Crippen LogP contribution is 2.15. The largest absolute Gasteiger partial charge is 0.378 e. The van der Waals surface area contributed by atoms with Gasteiger partial charge in [0.15, 0.2) is 0 Å². The van der Waals surface area contributed by atoms with Crippen LogP contribution in [0.2, 0.25) is 0 Å². The van der Waals surface area contributed by atoms with Crippen LogP contribution in [-0.4, -0.2) is 49.1 Å². The first-order valence-electron chi connectivity index (χ1n) is 6.34. The van der Waals surface area contributed by atoms with Gasteiger partial charge in [-0.25, -0.2) is 0 Å². The van der Waals surface area contributed by atoms with Gasteiger partial charge in [0.1, 0.15) is 0 Å². The molecule has 96 valence electrons. The third-order valence-corrected chi connectivity index (χ3v) is 3.53. The van der Waals surface area contributed by atoms with E-state index in [9.17, 15) is 9.59 Å².